The van der Waals surface area contributed by atoms with E-state index in [2.05, 4.69) is 10.6 Å². The normalized spacial score (nSPS) is 12.0. The van der Waals surface area contributed by atoms with Crippen LogP contribution in [0.3, 0.4) is 0 Å². The van der Waals surface area contributed by atoms with Gasteiger partial charge in [0.25, 0.3) is 0 Å². The minimum absolute atomic E-state index is 0.0312. The Labute approximate surface area is 120 Å². The number of carbonyl (C=O) groups is 2. The predicted octanol–water partition coefficient (Wildman–Crippen LogP) is 2.49. The lowest BCUT2D eigenvalue weighted by Gasteiger charge is -2.14. The van der Waals surface area contributed by atoms with Crippen LogP contribution in [0.5, 0.6) is 0 Å². The summed E-state index contributed by atoms with van der Waals surface area (Å²) in [5.41, 5.74) is 0.192. The molecule has 1 rings (SSSR count). The second-order valence-corrected chi connectivity index (χ2v) is 4.88. The third kappa shape index (κ3) is 4.09. The summed E-state index contributed by atoms with van der Waals surface area (Å²) in [4.78, 5) is 22.7. The highest BCUT2D eigenvalue weighted by Gasteiger charge is 2.17. The summed E-state index contributed by atoms with van der Waals surface area (Å²) in [5, 5.41) is 14.5. The lowest BCUT2D eigenvalue weighted by atomic mass is 10.1. The van der Waals surface area contributed by atoms with Gasteiger partial charge in [0.15, 0.2) is 0 Å². The van der Waals surface area contributed by atoms with E-state index in [-0.39, 0.29) is 33.1 Å². The fourth-order valence-corrected chi connectivity index (χ4v) is 2.04. The summed E-state index contributed by atoms with van der Waals surface area (Å²) in [7, 11) is 1.74. The molecule has 7 heteroatoms. The summed E-state index contributed by atoms with van der Waals surface area (Å²) in [6, 6.07) is 2.49. The summed E-state index contributed by atoms with van der Waals surface area (Å²) in [5.74, 6) is -1.65. The van der Waals surface area contributed by atoms with Crippen molar-refractivity contribution in [2.75, 3.05) is 18.9 Å². The smallest absolute Gasteiger partial charge is 0.335 e. The molecule has 19 heavy (non-hydrogen) atoms. The Morgan fingerprint density at radius 3 is 2.26 bits per heavy atom. The molecule has 3 N–H and O–H groups in total. The van der Waals surface area contributed by atoms with E-state index in [1.54, 1.807) is 14.0 Å². The number of anilines is 1. The molecule has 0 fully saturated rings. The lowest BCUT2D eigenvalue weighted by Crippen LogP contribution is -2.28. The molecule has 104 valence electrons. The average Bonchev–Trinajstić information content (AvgIpc) is 2.33. The van der Waals surface area contributed by atoms with Gasteiger partial charge >= 0.3 is 5.97 Å². The Morgan fingerprint density at radius 1 is 1.32 bits per heavy atom. The van der Waals surface area contributed by atoms with E-state index in [0.717, 1.165) is 0 Å². The van der Waals surface area contributed by atoms with Crippen molar-refractivity contribution in [2.24, 2.45) is 5.92 Å². The zero-order valence-electron chi connectivity index (χ0n) is 10.5. The van der Waals surface area contributed by atoms with Gasteiger partial charge in [-0.3, -0.25) is 4.79 Å². The van der Waals surface area contributed by atoms with Crippen molar-refractivity contribution in [3.63, 3.8) is 0 Å². The number of benzene rings is 1. The van der Waals surface area contributed by atoms with E-state index in [9.17, 15) is 9.59 Å². The number of hydrogen-bond acceptors (Lipinski definition) is 3. The van der Waals surface area contributed by atoms with Crippen LogP contribution in [0.1, 0.15) is 17.3 Å². The first-order valence-corrected chi connectivity index (χ1v) is 6.30. The topological polar surface area (TPSA) is 78.4 Å². The number of carbonyl (C=O) groups excluding carboxylic acids is 1. The largest absolute Gasteiger partial charge is 0.478 e. The number of carboxylic acid groups (broad SMARTS) is 1. The zero-order chi connectivity index (χ0) is 14.6. The Bertz CT molecular complexity index is 483. The number of aromatic carboxylic acids is 1. The van der Waals surface area contributed by atoms with Crippen LogP contribution >= 0.6 is 23.2 Å². The molecule has 1 amide bonds. The number of hydrogen-bond donors (Lipinski definition) is 3. The van der Waals surface area contributed by atoms with E-state index in [4.69, 9.17) is 28.3 Å². The van der Waals surface area contributed by atoms with Crippen LogP contribution in [0.4, 0.5) is 5.69 Å². The summed E-state index contributed by atoms with van der Waals surface area (Å²) >= 11 is 11.9. The number of rotatable bonds is 5. The van der Waals surface area contributed by atoms with E-state index in [1.165, 1.54) is 12.1 Å². The Morgan fingerprint density at radius 2 is 1.84 bits per heavy atom. The molecule has 0 aliphatic carbocycles. The lowest BCUT2D eigenvalue weighted by molar-refractivity contribution is -0.119. The van der Waals surface area contributed by atoms with Gasteiger partial charge in [-0.15, -0.1) is 0 Å². The Kier molecular flexibility index (Phi) is 5.60. The van der Waals surface area contributed by atoms with Crippen LogP contribution in [0.15, 0.2) is 12.1 Å². The minimum Gasteiger partial charge on any atom is -0.478 e. The summed E-state index contributed by atoms with van der Waals surface area (Å²) in [6.45, 7) is 2.26. The fraction of sp³-hybridized carbons (Fsp3) is 0.333. The molecule has 0 saturated carbocycles. The predicted molar refractivity (Wildman–Crippen MR) is 75.1 cm³/mol. The van der Waals surface area contributed by atoms with Crippen molar-refractivity contribution in [1.29, 1.82) is 0 Å². The zero-order valence-corrected chi connectivity index (χ0v) is 12.0. The molecule has 1 unspecified atom stereocenters. The van der Waals surface area contributed by atoms with Crippen molar-refractivity contribution >= 4 is 40.8 Å². The number of nitrogens with one attached hydrogen (secondary N) is 2. The second-order valence-electron chi connectivity index (χ2n) is 4.07. The third-order valence-electron chi connectivity index (χ3n) is 2.50. The van der Waals surface area contributed by atoms with Gasteiger partial charge in [0.2, 0.25) is 5.91 Å². The summed E-state index contributed by atoms with van der Waals surface area (Å²) in [6.07, 6.45) is 0. The Hall–Kier alpha value is -1.30. The van der Waals surface area contributed by atoms with Crippen LogP contribution in [0.25, 0.3) is 0 Å². The molecule has 0 aliphatic heterocycles. The Balaban J connectivity index is 2.96. The van der Waals surface area contributed by atoms with Crippen molar-refractivity contribution in [1.82, 2.24) is 5.32 Å². The first-order valence-electron chi connectivity index (χ1n) is 5.54. The fourth-order valence-electron chi connectivity index (χ4n) is 1.46. The van der Waals surface area contributed by atoms with Gasteiger partial charge in [-0.25, -0.2) is 4.79 Å². The molecular formula is C12H14Cl2N2O3. The van der Waals surface area contributed by atoms with E-state index in [1.807, 2.05) is 0 Å². The van der Waals surface area contributed by atoms with Crippen LogP contribution in [-0.4, -0.2) is 30.6 Å². The molecule has 0 bridgehead atoms. The number of halogens is 2. The number of carboxylic acids is 1. The molecular weight excluding hydrogens is 291 g/mol. The highest BCUT2D eigenvalue weighted by molar-refractivity contribution is 6.40. The molecule has 1 atom stereocenters. The van der Waals surface area contributed by atoms with Crippen LogP contribution in [-0.2, 0) is 4.79 Å². The highest BCUT2D eigenvalue weighted by Crippen LogP contribution is 2.32. The molecule has 0 aliphatic rings. The third-order valence-corrected chi connectivity index (χ3v) is 3.09. The monoisotopic (exact) mass is 304 g/mol. The van der Waals surface area contributed by atoms with Crippen molar-refractivity contribution in [3.8, 4) is 0 Å². The molecule has 0 radical (unpaired) electrons. The minimum atomic E-state index is -1.13. The van der Waals surface area contributed by atoms with E-state index >= 15 is 0 Å². The maximum atomic E-state index is 11.8. The molecule has 0 spiro atoms. The van der Waals surface area contributed by atoms with Gasteiger partial charge in [0.05, 0.1) is 21.3 Å². The van der Waals surface area contributed by atoms with Gasteiger partial charge in [-0.05, 0) is 19.2 Å². The first-order chi connectivity index (χ1) is 8.86. The maximum absolute atomic E-state index is 11.8. The highest BCUT2D eigenvalue weighted by atomic mass is 35.5. The molecule has 1 aromatic rings. The SMILES string of the molecule is CNCC(C)C(=O)Nc1c(Cl)cc(C(=O)O)cc1Cl. The van der Waals surface area contributed by atoms with Gasteiger partial charge < -0.3 is 15.7 Å². The number of amides is 1. The second kappa shape index (κ2) is 6.75. The van der Waals surface area contributed by atoms with Gasteiger partial charge in [-0.1, -0.05) is 30.1 Å². The van der Waals surface area contributed by atoms with Crippen molar-refractivity contribution in [3.05, 3.63) is 27.7 Å². The van der Waals surface area contributed by atoms with Crippen LogP contribution < -0.4 is 10.6 Å². The molecule has 0 saturated heterocycles. The molecule has 1 aromatic carbocycles. The van der Waals surface area contributed by atoms with Gasteiger partial charge in [0, 0.05) is 12.5 Å². The summed E-state index contributed by atoms with van der Waals surface area (Å²) < 4.78 is 0. The van der Waals surface area contributed by atoms with Crippen molar-refractivity contribution in [2.45, 2.75) is 6.92 Å². The average molecular weight is 305 g/mol. The molecule has 0 heterocycles. The maximum Gasteiger partial charge on any atom is 0.335 e. The van der Waals surface area contributed by atoms with E-state index in [0.29, 0.717) is 6.54 Å². The van der Waals surface area contributed by atoms with Crippen LogP contribution in [0, 0.1) is 5.92 Å². The van der Waals surface area contributed by atoms with Crippen LogP contribution in [0.2, 0.25) is 10.0 Å². The van der Waals surface area contributed by atoms with Crippen molar-refractivity contribution < 1.29 is 14.7 Å². The van der Waals surface area contributed by atoms with Gasteiger partial charge in [-0.2, -0.15) is 0 Å². The molecule has 0 aromatic heterocycles. The van der Waals surface area contributed by atoms with Gasteiger partial charge in [0.1, 0.15) is 0 Å². The standard InChI is InChI=1S/C12H14Cl2N2O3/c1-6(5-15-2)11(17)16-10-8(13)3-7(12(18)19)4-9(10)14/h3-4,6,15H,5H2,1-2H3,(H,16,17)(H,18,19). The first kappa shape index (κ1) is 15.8. The quantitative estimate of drug-likeness (QED) is 0.781. The van der Waals surface area contributed by atoms with E-state index < -0.39 is 5.97 Å². The molecule has 5 nitrogen and oxygen atoms in total.